The van der Waals surface area contributed by atoms with E-state index in [0.29, 0.717) is 17.4 Å². The Balaban J connectivity index is 2.00. The summed E-state index contributed by atoms with van der Waals surface area (Å²) in [6.45, 7) is 7.92. The molecule has 0 atom stereocenters. The van der Waals surface area contributed by atoms with E-state index in [4.69, 9.17) is 5.10 Å². The Morgan fingerprint density at radius 3 is 2.46 bits per heavy atom. The third-order valence-corrected chi connectivity index (χ3v) is 7.08. The van der Waals surface area contributed by atoms with Crippen molar-refractivity contribution in [1.82, 2.24) is 9.78 Å². The summed E-state index contributed by atoms with van der Waals surface area (Å²) < 4.78 is 31.8. The zero-order valence-corrected chi connectivity index (χ0v) is 18.1. The second kappa shape index (κ2) is 7.00. The fraction of sp³-hybridized carbons (Fsp3) is 0.526. The molecular formula is C19H26BrN3O2S. The molecule has 1 aromatic carbocycles. The SMILES string of the molecule is Cc1cc(NS(=O)(=O)c2cn(C3CCCC3)nc2C(C)(C)C)ccc1Br. The van der Waals surface area contributed by atoms with E-state index >= 15 is 0 Å². The van der Waals surface area contributed by atoms with E-state index in [9.17, 15) is 8.42 Å². The molecule has 0 saturated heterocycles. The Morgan fingerprint density at radius 2 is 1.88 bits per heavy atom. The molecule has 0 spiro atoms. The smallest absolute Gasteiger partial charge is 0.265 e. The van der Waals surface area contributed by atoms with Gasteiger partial charge in [0, 0.05) is 21.8 Å². The molecule has 142 valence electrons. The molecule has 0 aliphatic heterocycles. The Hall–Kier alpha value is -1.34. The van der Waals surface area contributed by atoms with Crippen LogP contribution in [0.15, 0.2) is 33.8 Å². The average Bonchev–Trinajstić information content (AvgIpc) is 3.18. The minimum absolute atomic E-state index is 0.275. The lowest BCUT2D eigenvalue weighted by atomic mass is 9.92. The number of halogens is 1. The van der Waals surface area contributed by atoms with Crippen molar-refractivity contribution >= 4 is 31.6 Å². The molecule has 0 bridgehead atoms. The van der Waals surface area contributed by atoms with E-state index in [2.05, 4.69) is 20.7 Å². The van der Waals surface area contributed by atoms with Gasteiger partial charge in [-0.05, 0) is 43.5 Å². The molecule has 0 unspecified atom stereocenters. The molecule has 5 nitrogen and oxygen atoms in total. The minimum Gasteiger partial charge on any atom is -0.280 e. The van der Waals surface area contributed by atoms with Gasteiger partial charge in [0.1, 0.15) is 4.90 Å². The maximum absolute atomic E-state index is 13.1. The highest BCUT2D eigenvalue weighted by molar-refractivity contribution is 9.10. The first-order valence-corrected chi connectivity index (χ1v) is 11.2. The topological polar surface area (TPSA) is 64.0 Å². The number of anilines is 1. The van der Waals surface area contributed by atoms with Gasteiger partial charge in [-0.3, -0.25) is 9.40 Å². The minimum atomic E-state index is -3.71. The van der Waals surface area contributed by atoms with E-state index in [1.165, 1.54) is 12.8 Å². The molecule has 0 amide bonds. The molecule has 1 aliphatic rings. The van der Waals surface area contributed by atoms with Crippen LogP contribution in [0.1, 0.15) is 63.8 Å². The van der Waals surface area contributed by atoms with Crippen LogP contribution in [-0.4, -0.2) is 18.2 Å². The molecule has 3 rings (SSSR count). The third kappa shape index (κ3) is 3.98. The number of sulfonamides is 1. The Bertz CT molecular complexity index is 907. The first-order chi connectivity index (χ1) is 12.1. The maximum atomic E-state index is 13.1. The highest BCUT2D eigenvalue weighted by Gasteiger charge is 2.32. The zero-order valence-electron chi connectivity index (χ0n) is 15.7. The number of benzene rings is 1. The van der Waals surface area contributed by atoms with Gasteiger partial charge in [-0.25, -0.2) is 8.42 Å². The maximum Gasteiger partial charge on any atom is 0.265 e. The number of hydrogen-bond acceptors (Lipinski definition) is 3. The quantitative estimate of drug-likeness (QED) is 0.714. The lowest BCUT2D eigenvalue weighted by Crippen LogP contribution is -2.20. The van der Waals surface area contributed by atoms with E-state index < -0.39 is 10.0 Å². The molecule has 1 fully saturated rings. The predicted octanol–water partition coefficient (Wildman–Crippen LogP) is 5.17. The van der Waals surface area contributed by atoms with E-state index in [-0.39, 0.29) is 10.3 Å². The molecule has 1 saturated carbocycles. The van der Waals surface area contributed by atoms with Gasteiger partial charge in [0.25, 0.3) is 10.0 Å². The van der Waals surface area contributed by atoms with Crippen LogP contribution in [0.3, 0.4) is 0 Å². The summed E-state index contributed by atoms with van der Waals surface area (Å²) >= 11 is 3.44. The van der Waals surface area contributed by atoms with Crippen molar-refractivity contribution in [3.63, 3.8) is 0 Å². The van der Waals surface area contributed by atoms with Crippen molar-refractivity contribution < 1.29 is 8.42 Å². The summed E-state index contributed by atoms with van der Waals surface area (Å²) in [7, 11) is -3.71. The van der Waals surface area contributed by atoms with Crippen LogP contribution >= 0.6 is 15.9 Å². The second-order valence-electron chi connectivity index (χ2n) is 8.08. The summed E-state index contributed by atoms with van der Waals surface area (Å²) in [4.78, 5) is 0.275. The standard InChI is InChI=1S/C19H26BrN3O2S/c1-13-11-14(9-10-16(13)20)22-26(24,25)17-12-23(15-7-5-6-8-15)21-18(17)19(2,3)4/h9-12,15,22H,5-8H2,1-4H3. The van der Waals surface area contributed by atoms with Gasteiger partial charge >= 0.3 is 0 Å². The van der Waals surface area contributed by atoms with Gasteiger partial charge in [-0.2, -0.15) is 5.10 Å². The van der Waals surface area contributed by atoms with Crippen molar-refractivity contribution in [3.05, 3.63) is 40.1 Å². The molecular weight excluding hydrogens is 414 g/mol. The number of aromatic nitrogens is 2. The summed E-state index contributed by atoms with van der Waals surface area (Å²) in [6.07, 6.45) is 6.18. The Morgan fingerprint density at radius 1 is 1.23 bits per heavy atom. The van der Waals surface area contributed by atoms with Crippen molar-refractivity contribution in [2.24, 2.45) is 0 Å². The Labute approximate surface area is 164 Å². The van der Waals surface area contributed by atoms with Crippen molar-refractivity contribution in [2.45, 2.75) is 69.7 Å². The first kappa shape index (κ1) is 19.4. The number of aryl methyl sites for hydroxylation is 1. The summed E-state index contributed by atoms with van der Waals surface area (Å²) in [5.74, 6) is 0. The lowest BCUT2D eigenvalue weighted by molar-refractivity contribution is 0.448. The van der Waals surface area contributed by atoms with E-state index in [0.717, 1.165) is 22.9 Å². The number of nitrogens with one attached hydrogen (secondary N) is 1. The van der Waals surface area contributed by atoms with Gasteiger partial charge in [0.05, 0.1) is 11.7 Å². The van der Waals surface area contributed by atoms with Gasteiger partial charge < -0.3 is 0 Å². The zero-order chi connectivity index (χ0) is 19.1. The molecule has 7 heteroatoms. The van der Waals surface area contributed by atoms with Crippen LogP contribution in [0.25, 0.3) is 0 Å². The van der Waals surface area contributed by atoms with Gasteiger partial charge in [0.15, 0.2) is 0 Å². The van der Waals surface area contributed by atoms with Crippen LogP contribution in [0.2, 0.25) is 0 Å². The molecule has 0 radical (unpaired) electrons. The van der Waals surface area contributed by atoms with Gasteiger partial charge in [-0.15, -0.1) is 0 Å². The fourth-order valence-corrected chi connectivity index (χ4v) is 5.01. The van der Waals surface area contributed by atoms with Crippen LogP contribution in [0.4, 0.5) is 5.69 Å². The fourth-order valence-electron chi connectivity index (χ4n) is 3.37. The highest BCUT2D eigenvalue weighted by Crippen LogP contribution is 2.34. The molecule has 1 heterocycles. The predicted molar refractivity (Wildman–Crippen MR) is 108 cm³/mol. The van der Waals surface area contributed by atoms with Crippen molar-refractivity contribution in [1.29, 1.82) is 0 Å². The van der Waals surface area contributed by atoms with Gasteiger partial charge in [0.2, 0.25) is 0 Å². The molecule has 2 aromatic rings. The molecule has 1 N–H and O–H groups in total. The molecule has 26 heavy (non-hydrogen) atoms. The van der Waals surface area contributed by atoms with E-state index in [1.54, 1.807) is 12.3 Å². The normalized spacial score (nSPS) is 16.2. The largest absolute Gasteiger partial charge is 0.280 e. The summed E-state index contributed by atoms with van der Waals surface area (Å²) in [5.41, 5.74) is 1.79. The highest BCUT2D eigenvalue weighted by atomic mass is 79.9. The summed E-state index contributed by atoms with van der Waals surface area (Å²) in [6, 6.07) is 5.72. The number of nitrogens with zero attached hydrogens (tertiary/aromatic N) is 2. The Kier molecular flexibility index (Phi) is 5.23. The number of rotatable bonds is 4. The third-order valence-electron chi connectivity index (χ3n) is 4.81. The average molecular weight is 440 g/mol. The van der Waals surface area contributed by atoms with Crippen molar-refractivity contribution in [2.75, 3.05) is 4.72 Å². The molecule has 1 aliphatic carbocycles. The van der Waals surface area contributed by atoms with Crippen LogP contribution in [-0.2, 0) is 15.4 Å². The second-order valence-corrected chi connectivity index (χ2v) is 10.6. The van der Waals surface area contributed by atoms with Crippen LogP contribution in [0, 0.1) is 6.92 Å². The van der Waals surface area contributed by atoms with Crippen LogP contribution < -0.4 is 4.72 Å². The summed E-state index contributed by atoms with van der Waals surface area (Å²) in [5, 5.41) is 4.69. The molecule has 1 aromatic heterocycles. The lowest BCUT2D eigenvalue weighted by Gasteiger charge is -2.18. The van der Waals surface area contributed by atoms with E-state index in [1.807, 2.05) is 44.5 Å². The van der Waals surface area contributed by atoms with Crippen molar-refractivity contribution in [3.8, 4) is 0 Å². The number of hydrogen-bond donors (Lipinski definition) is 1. The monoisotopic (exact) mass is 439 g/mol. The van der Waals surface area contributed by atoms with Crippen LogP contribution in [0.5, 0.6) is 0 Å². The van der Waals surface area contributed by atoms with Gasteiger partial charge in [-0.1, -0.05) is 49.5 Å². The first-order valence-electron chi connectivity index (χ1n) is 8.96.